The van der Waals surface area contributed by atoms with Gasteiger partial charge in [0.1, 0.15) is 11.8 Å². The van der Waals surface area contributed by atoms with Gasteiger partial charge in [-0.05, 0) is 38.1 Å². The second-order valence-electron chi connectivity index (χ2n) is 8.08. The van der Waals surface area contributed by atoms with Crippen LogP contribution in [0, 0.1) is 6.92 Å². The second kappa shape index (κ2) is 8.82. The smallest absolute Gasteiger partial charge is 0.255 e. The molecule has 8 nitrogen and oxygen atoms in total. The van der Waals surface area contributed by atoms with Gasteiger partial charge in [-0.2, -0.15) is 4.98 Å². The molecule has 34 heavy (non-hydrogen) atoms. The van der Waals surface area contributed by atoms with Crippen LogP contribution in [0.4, 0.5) is 11.6 Å². The molecule has 8 heteroatoms. The molecule has 170 valence electrons. The molecule has 4 aromatic rings. The number of fused-ring (bicyclic) bond motifs is 1. The molecule has 0 unspecified atom stereocenters. The van der Waals surface area contributed by atoms with E-state index in [4.69, 9.17) is 14.8 Å². The third-order valence-electron chi connectivity index (χ3n) is 5.73. The van der Waals surface area contributed by atoms with Crippen LogP contribution in [-0.2, 0) is 4.79 Å². The van der Waals surface area contributed by atoms with Crippen LogP contribution in [0.15, 0.2) is 84.3 Å². The third-order valence-corrected chi connectivity index (χ3v) is 5.73. The summed E-state index contributed by atoms with van der Waals surface area (Å²) < 4.78 is 7.41. The number of aryl methyl sites for hydroxylation is 1. The SMILES string of the molecule is COc1ccccc1[C@H]1C(C(=O)Nc2cccnc2)=C(C)Nc2nc(-c3cccc(C)c3)nn21. The summed E-state index contributed by atoms with van der Waals surface area (Å²) in [5.41, 5.74) is 4.64. The number of nitrogens with zero attached hydrogens (tertiary/aromatic N) is 4. The first-order chi connectivity index (χ1) is 16.5. The molecule has 0 bridgehead atoms. The first-order valence-electron chi connectivity index (χ1n) is 10.9. The largest absolute Gasteiger partial charge is 0.496 e. The van der Waals surface area contributed by atoms with Gasteiger partial charge in [0.05, 0.1) is 24.6 Å². The van der Waals surface area contributed by atoms with E-state index < -0.39 is 6.04 Å². The molecule has 2 aromatic carbocycles. The molecule has 2 aromatic heterocycles. The monoisotopic (exact) mass is 452 g/mol. The number of benzene rings is 2. The van der Waals surface area contributed by atoms with Gasteiger partial charge in [0.15, 0.2) is 5.82 Å². The Morgan fingerprint density at radius 2 is 1.94 bits per heavy atom. The third kappa shape index (κ3) is 3.90. The number of carbonyl (C=O) groups excluding carboxylic acids is 1. The predicted octanol–water partition coefficient (Wildman–Crippen LogP) is 4.58. The van der Waals surface area contributed by atoms with E-state index in [2.05, 4.69) is 15.6 Å². The molecule has 0 aliphatic carbocycles. The average molecular weight is 453 g/mol. The maximum Gasteiger partial charge on any atom is 0.255 e. The molecular formula is C26H24N6O2. The lowest BCUT2D eigenvalue weighted by atomic mass is 9.94. The number of carbonyl (C=O) groups is 1. The highest BCUT2D eigenvalue weighted by Crippen LogP contribution is 2.40. The van der Waals surface area contributed by atoms with Gasteiger partial charge in [-0.15, -0.1) is 5.10 Å². The van der Waals surface area contributed by atoms with Crippen LogP contribution in [0.25, 0.3) is 11.4 Å². The summed E-state index contributed by atoms with van der Waals surface area (Å²) in [6.45, 7) is 3.90. The number of pyridine rings is 1. The maximum absolute atomic E-state index is 13.6. The zero-order valence-electron chi connectivity index (χ0n) is 19.1. The van der Waals surface area contributed by atoms with E-state index in [1.807, 2.05) is 62.4 Å². The number of para-hydroxylation sites is 1. The van der Waals surface area contributed by atoms with Crippen molar-refractivity contribution in [2.75, 3.05) is 17.7 Å². The van der Waals surface area contributed by atoms with Gasteiger partial charge in [-0.25, -0.2) is 4.68 Å². The summed E-state index contributed by atoms with van der Waals surface area (Å²) >= 11 is 0. The quantitative estimate of drug-likeness (QED) is 0.460. The highest BCUT2D eigenvalue weighted by molar-refractivity contribution is 6.06. The number of hydrogen-bond acceptors (Lipinski definition) is 6. The number of rotatable bonds is 5. The van der Waals surface area contributed by atoms with Crippen LogP contribution in [0.2, 0.25) is 0 Å². The van der Waals surface area contributed by atoms with Crippen LogP contribution in [0.3, 0.4) is 0 Å². The summed E-state index contributed by atoms with van der Waals surface area (Å²) in [7, 11) is 1.62. The van der Waals surface area contributed by atoms with Crippen LogP contribution in [0.1, 0.15) is 24.1 Å². The van der Waals surface area contributed by atoms with Crippen molar-refractivity contribution in [3.8, 4) is 17.1 Å². The molecule has 1 aliphatic heterocycles. The lowest BCUT2D eigenvalue weighted by Gasteiger charge is -2.29. The van der Waals surface area contributed by atoms with Crippen molar-refractivity contribution < 1.29 is 9.53 Å². The van der Waals surface area contributed by atoms with Crippen LogP contribution in [0.5, 0.6) is 5.75 Å². The maximum atomic E-state index is 13.6. The molecule has 1 amide bonds. The van der Waals surface area contributed by atoms with Gasteiger partial charge in [0.25, 0.3) is 5.91 Å². The van der Waals surface area contributed by atoms with Gasteiger partial charge in [-0.3, -0.25) is 9.78 Å². The predicted molar refractivity (Wildman–Crippen MR) is 131 cm³/mol. The van der Waals surface area contributed by atoms with Crippen LogP contribution >= 0.6 is 0 Å². The summed E-state index contributed by atoms with van der Waals surface area (Å²) in [4.78, 5) is 22.4. The minimum Gasteiger partial charge on any atom is -0.496 e. The Morgan fingerprint density at radius 1 is 1.09 bits per heavy atom. The zero-order chi connectivity index (χ0) is 23.7. The lowest BCUT2D eigenvalue weighted by Crippen LogP contribution is -2.31. The molecule has 0 radical (unpaired) electrons. The van der Waals surface area contributed by atoms with Crippen molar-refractivity contribution >= 4 is 17.5 Å². The number of amides is 1. The van der Waals surface area contributed by atoms with Crippen molar-refractivity contribution in [3.63, 3.8) is 0 Å². The molecule has 1 atom stereocenters. The molecule has 0 spiro atoms. The van der Waals surface area contributed by atoms with Crippen LogP contribution < -0.4 is 15.4 Å². The van der Waals surface area contributed by atoms with E-state index in [1.165, 1.54) is 0 Å². The van der Waals surface area contributed by atoms with Crippen molar-refractivity contribution in [1.29, 1.82) is 0 Å². The molecular weight excluding hydrogens is 428 g/mol. The van der Waals surface area contributed by atoms with Gasteiger partial charge >= 0.3 is 0 Å². The van der Waals surface area contributed by atoms with Gasteiger partial charge in [0, 0.05) is 23.0 Å². The highest BCUT2D eigenvalue weighted by Gasteiger charge is 2.36. The molecule has 0 saturated carbocycles. The number of allylic oxidation sites excluding steroid dienone is 1. The number of nitrogens with one attached hydrogen (secondary N) is 2. The van der Waals surface area contributed by atoms with Gasteiger partial charge in [0.2, 0.25) is 5.95 Å². The number of aromatic nitrogens is 4. The Balaban J connectivity index is 1.64. The molecule has 0 fully saturated rings. The first kappa shape index (κ1) is 21.4. The van der Waals surface area contributed by atoms with E-state index in [-0.39, 0.29) is 5.91 Å². The minimum absolute atomic E-state index is 0.257. The first-order valence-corrected chi connectivity index (χ1v) is 10.9. The van der Waals surface area contributed by atoms with E-state index in [0.717, 1.165) is 16.7 Å². The van der Waals surface area contributed by atoms with Crippen molar-refractivity contribution in [3.05, 3.63) is 95.5 Å². The van der Waals surface area contributed by atoms with E-state index in [0.29, 0.717) is 34.5 Å². The molecule has 5 rings (SSSR count). The highest BCUT2D eigenvalue weighted by atomic mass is 16.5. The van der Waals surface area contributed by atoms with Gasteiger partial charge in [-0.1, -0.05) is 42.0 Å². The zero-order valence-corrected chi connectivity index (χ0v) is 19.1. The average Bonchev–Trinajstić information content (AvgIpc) is 3.27. The summed E-state index contributed by atoms with van der Waals surface area (Å²) in [5, 5.41) is 11.1. The van der Waals surface area contributed by atoms with Crippen LogP contribution in [-0.4, -0.2) is 32.8 Å². The summed E-state index contributed by atoms with van der Waals surface area (Å²) in [6.07, 6.45) is 3.27. The fraction of sp³-hybridized carbons (Fsp3) is 0.154. The Labute approximate surface area is 197 Å². The molecule has 1 aliphatic rings. The number of ether oxygens (including phenoxy) is 1. The van der Waals surface area contributed by atoms with Crippen molar-refractivity contribution in [1.82, 2.24) is 19.7 Å². The fourth-order valence-electron chi connectivity index (χ4n) is 4.17. The van der Waals surface area contributed by atoms with Crippen molar-refractivity contribution in [2.45, 2.75) is 19.9 Å². The normalized spacial score (nSPS) is 14.9. The fourth-order valence-corrected chi connectivity index (χ4v) is 4.17. The summed E-state index contributed by atoms with van der Waals surface area (Å²) in [6, 6.07) is 18.7. The Hall–Kier alpha value is -4.46. The van der Waals surface area contributed by atoms with Gasteiger partial charge < -0.3 is 15.4 Å². The molecule has 0 saturated heterocycles. The lowest BCUT2D eigenvalue weighted by molar-refractivity contribution is -0.113. The van der Waals surface area contributed by atoms with Crippen molar-refractivity contribution in [2.24, 2.45) is 0 Å². The van der Waals surface area contributed by atoms with E-state index in [9.17, 15) is 4.79 Å². The number of anilines is 2. The second-order valence-corrected chi connectivity index (χ2v) is 8.08. The van der Waals surface area contributed by atoms with E-state index >= 15 is 0 Å². The Kier molecular flexibility index (Phi) is 5.55. The topological polar surface area (TPSA) is 94.0 Å². The summed E-state index contributed by atoms with van der Waals surface area (Å²) in [5.74, 6) is 1.54. The molecule has 2 N–H and O–H groups in total. The number of hydrogen-bond donors (Lipinski definition) is 2. The van der Waals surface area contributed by atoms with E-state index in [1.54, 1.807) is 36.3 Å². The Bertz CT molecular complexity index is 1390. The number of methoxy groups -OCH3 is 1. The Morgan fingerprint density at radius 3 is 2.71 bits per heavy atom. The molecule has 3 heterocycles. The standard InChI is InChI=1S/C26H24N6O2/c1-16-8-6-9-18(14-16)24-30-26-28-17(2)22(25(33)29-19-10-7-13-27-15-19)23(32(26)31-24)20-11-4-5-12-21(20)34-3/h4-15,23H,1-3H3,(H,29,33)(H,28,30,31)/t23-/m0/s1. The minimum atomic E-state index is -0.546.